The number of Topliss-reactive ketones (excluding diaryl/α,β-unsaturated/α-hetero) is 1. The van der Waals surface area contributed by atoms with Gasteiger partial charge < -0.3 is 38.7 Å². The number of fused-ring (bicyclic) bond motifs is 1. The molecule has 0 bridgehead atoms. The van der Waals surface area contributed by atoms with Crippen molar-refractivity contribution in [1.29, 1.82) is 0 Å². The van der Waals surface area contributed by atoms with Crippen LogP contribution in [0.3, 0.4) is 0 Å². The van der Waals surface area contributed by atoms with E-state index in [1.165, 1.54) is 41.0 Å². The Bertz CT molecular complexity index is 2730. The van der Waals surface area contributed by atoms with Gasteiger partial charge in [0.15, 0.2) is 11.4 Å². The van der Waals surface area contributed by atoms with E-state index in [1.807, 2.05) is 57.5 Å². The molecule has 5 heterocycles. The summed E-state index contributed by atoms with van der Waals surface area (Å²) in [5.41, 5.74) is 5.15. The zero-order chi connectivity index (χ0) is 47.0. The van der Waals surface area contributed by atoms with E-state index in [2.05, 4.69) is 25.4 Å². The highest BCUT2D eigenvalue weighted by molar-refractivity contribution is 7.13. The van der Waals surface area contributed by atoms with E-state index in [-0.39, 0.29) is 81.1 Å². The second kappa shape index (κ2) is 21.1. The Morgan fingerprint density at radius 1 is 0.955 bits per heavy atom. The van der Waals surface area contributed by atoms with Gasteiger partial charge in [0.1, 0.15) is 47.7 Å². The van der Waals surface area contributed by atoms with Crippen LogP contribution in [0, 0.1) is 12.3 Å². The van der Waals surface area contributed by atoms with Crippen molar-refractivity contribution in [3.63, 3.8) is 0 Å². The number of benzene rings is 2. The number of likely N-dealkylation sites (tertiary alicyclic amines) is 1. The Balaban J connectivity index is 0.794. The van der Waals surface area contributed by atoms with Crippen LogP contribution in [0.4, 0.5) is 0 Å². The Hall–Kier alpha value is -6.67. The molecule has 3 atom stereocenters. The van der Waals surface area contributed by atoms with Gasteiger partial charge in [-0.05, 0) is 60.2 Å². The van der Waals surface area contributed by atoms with E-state index in [0.29, 0.717) is 29.0 Å². The number of aryl methyl sites for hydroxylation is 3. The second-order valence-corrected chi connectivity index (χ2v) is 17.7. The quantitative estimate of drug-likeness (QED) is 0.0636. The topological polar surface area (TPSA) is 227 Å². The van der Waals surface area contributed by atoms with Crippen LogP contribution in [0.25, 0.3) is 33.1 Å². The molecule has 2 aromatic carbocycles. The third-order valence-corrected chi connectivity index (χ3v) is 11.7. The average Bonchev–Trinajstić information content (AvgIpc) is 4.04. The summed E-state index contributed by atoms with van der Waals surface area (Å²) in [7, 11) is 1.52. The molecule has 1 fully saturated rings. The Morgan fingerprint density at radius 3 is 2.42 bits per heavy atom. The number of amides is 2. The van der Waals surface area contributed by atoms with E-state index in [4.69, 9.17) is 23.4 Å². The summed E-state index contributed by atoms with van der Waals surface area (Å²) >= 11 is 1.58. The van der Waals surface area contributed by atoms with Gasteiger partial charge >= 0.3 is 5.97 Å². The summed E-state index contributed by atoms with van der Waals surface area (Å²) in [6.45, 7) is 7.75. The first-order chi connectivity index (χ1) is 31.6. The molecule has 2 amide bonds. The summed E-state index contributed by atoms with van der Waals surface area (Å²) in [5.74, 6) is -0.938. The van der Waals surface area contributed by atoms with Gasteiger partial charge in [-0.2, -0.15) is 5.10 Å². The molecule has 4 aromatic heterocycles. The van der Waals surface area contributed by atoms with Crippen LogP contribution < -0.4 is 20.3 Å². The molecule has 1 aliphatic heterocycles. The van der Waals surface area contributed by atoms with Gasteiger partial charge in [0.2, 0.25) is 17.7 Å². The molecular weight excluding hydrogens is 871 g/mol. The summed E-state index contributed by atoms with van der Waals surface area (Å²) in [5, 5.41) is 17.5. The molecule has 66 heavy (non-hydrogen) atoms. The highest BCUT2D eigenvalue weighted by Gasteiger charge is 2.44. The van der Waals surface area contributed by atoms with Crippen molar-refractivity contribution < 1.29 is 47.6 Å². The zero-order valence-electron chi connectivity index (χ0n) is 37.2. The molecule has 0 saturated carbocycles. The number of rotatable bonds is 19. The van der Waals surface area contributed by atoms with E-state index >= 15 is 0 Å². The van der Waals surface area contributed by atoms with Crippen molar-refractivity contribution in [2.24, 2.45) is 12.5 Å². The van der Waals surface area contributed by atoms with E-state index in [0.717, 1.165) is 21.7 Å². The highest BCUT2D eigenvalue weighted by atomic mass is 32.1. The fourth-order valence-corrected chi connectivity index (χ4v) is 8.07. The van der Waals surface area contributed by atoms with E-state index < -0.39 is 41.4 Å². The molecule has 1 saturated heterocycles. The number of nitrogens with zero attached hydrogens (tertiary/aromatic N) is 6. The number of thiazole rings is 1. The molecule has 1 aliphatic rings. The third kappa shape index (κ3) is 12.0. The predicted octanol–water partition coefficient (Wildman–Crippen LogP) is 4.74. The van der Waals surface area contributed by atoms with Crippen LogP contribution in [0.5, 0.6) is 11.5 Å². The second-order valence-electron chi connectivity index (χ2n) is 16.8. The van der Waals surface area contributed by atoms with Crippen molar-refractivity contribution in [3.8, 4) is 33.5 Å². The maximum absolute atomic E-state index is 14.0. The fraction of sp³-hybridized carbons (Fsp3) is 0.383. The molecule has 346 valence electrons. The zero-order valence-corrected chi connectivity index (χ0v) is 38.0. The van der Waals surface area contributed by atoms with Gasteiger partial charge in [-0.3, -0.25) is 19.2 Å². The number of β-amino-alcohol motifs (C(OH)–C–C–N with tert-alkyl or cyclic N) is 1. The number of ether oxygens (including phenoxy) is 4. The SMILES string of the molecule is Cc1ncsc1-c1ccc(CCC(=O)[C@H]2C[C@H](O)CN2C(=O)[C@H](NC(=O)COCCOCCOc2ccc(C(=O)Oc3ccc4oc(-c5ccc(=O)n(C)n5)nc4c3)nc2)C(C)(C)C)cc1. The first kappa shape index (κ1) is 47.3. The fourth-order valence-electron chi connectivity index (χ4n) is 7.26. The summed E-state index contributed by atoms with van der Waals surface area (Å²) < 4.78 is 29.2. The van der Waals surface area contributed by atoms with Crippen LogP contribution in [0.1, 0.15) is 55.4 Å². The third-order valence-electron chi connectivity index (χ3n) is 10.8. The molecule has 0 unspecified atom stereocenters. The number of carbonyl (C=O) groups excluding carboxylic acids is 4. The number of aromatic nitrogens is 5. The first-order valence-corrected chi connectivity index (χ1v) is 22.2. The molecule has 6 aromatic rings. The van der Waals surface area contributed by atoms with E-state index in [9.17, 15) is 29.1 Å². The average molecular weight is 922 g/mol. The Morgan fingerprint density at radius 2 is 1.71 bits per heavy atom. The number of pyridine rings is 1. The lowest BCUT2D eigenvalue weighted by Gasteiger charge is -2.35. The predicted molar refractivity (Wildman–Crippen MR) is 242 cm³/mol. The van der Waals surface area contributed by atoms with Crippen molar-refractivity contribution in [1.82, 2.24) is 34.9 Å². The monoisotopic (exact) mass is 921 g/mol. The number of aliphatic hydroxyl groups excluding tert-OH is 1. The molecule has 0 aliphatic carbocycles. The molecule has 19 heteroatoms. The maximum Gasteiger partial charge on any atom is 0.362 e. The van der Waals surface area contributed by atoms with Crippen molar-refractivity contribution in [2.45, 2.75) is 65.1 Å². The number of hydrogen-bond acceptors (Lipinski definition) is 16. The lowest BCUT2D eigenvalue weighted by molar-refractivity contribution is -0.144. The number of nitrogens with one attached hydrogen (secondary N) is 1. The number of ketones is 1. The highest BCUT2D eigenvalue weighted by Crippen LogP contribution is 2.30. The number of aliphatic hydroxyl groups is 1. The molecule has 0 radical (unpaired) electrons. The van der Waals surface area contributed by atoms with Crippen molar-refractivity contribution in [2.75, 3.05) is 39.6 Å². The minimum Gasteiger partial charge on any atom is -0.490 e. The van der Waals surface area contributed by atoms with E-state index in [1.54, 1.807) is 35.6 Å². The van der Waals surface area contributed by atoms with Gasteiger partial charge in [0.05, 0.1) is 54.2 Å². The molecular formula is C47H51N7O11S. The van der Waals surface area contributed by atoms with Crippen LogP contribution in [0.2, 0.25) is 0 Å². The minimum atomic E-state index is -0.969. The number of carbonyl (C=O) groups is 4. The molecule has 7 rings (SSSR count). The Kier molecular flexibility index (Phi) is 15.1. The molecule has 2 N–H and O–H groups in total. The van der Waals surface area contributed by atoms with Gasteiger partial charge in [-0.15, -0.1) is 11.3 Å². The lowest BCUT2D eigenvalue weighted by atomic mass is 9.85. The molecule has 0 spiro atoms. The minimum absolute atomic E-state index is 0.00118. The van der Waals surface area contributed by atoms with Crippen molar-refractivity contribution in [3.05, 3.63) is 106 Å². The van der Waals surface area contributed by atoms with Gasteiger partial charge in [-0.25, -0.2) is 24.4 Å². The smallest absolute Gasteiger partial charge is 0.362 e. The largest absolute Gasteiger partial charge is 0.490 e. The maximum atomic E-state index is 14.0. The van der Waals surface area contributed by atoms with Crippen LogP contribution in [0.15, 0.2) is 87.6 Å². The number of hydrogen-bond donors (Lipinski definition) is 2. The molecule has 18 nitrogen and oxygen atoms in total. The van der Waals surface area contributed by atoms with Gasteiger partial charge in [0, 0.05) is 38.6 Å². The Labute approximate surface area is 383 Å². The number of oxazole rings is 1. The van der Waals surface area contributed by atoms with Crippen molar-refractivity contribution >= 4 is 46.0 Å². The van der Waals surface area contributed by atoms with Gasteiger partial charge in [0.25, 0.3) is 5.56 Å². The van der Waals surface area contributed by atoms with Gasteiger partial charge in [-0.1, -0.05) is 45.0 Å². The van der Waals surface area contributed by atoms with Crippen LogP contribution in [-0.4, -0.2) is 116 Å². The summed E-state index contributed by atoms with van der Waals surface area (Å²) in [6.07, 6.45) is 1.37. The normalized spacial score (nSPS) is 15.5. The standard InChI is InChI=1S/C47H51N7O11S/c1-28-42(66-27-49-28)30-9-6-29(7-10-30)8-15-38(56)37-22-31(55)25-54(37)45(59)43(47(2,3)4)51-40(57)26-62-19-18-61-20-21-63-33-11-13-35(48-24-33)46(60)64-32-12-16-39-36(23-32)50-44(65-39)34-14-17-41(58)53(5)52-34/h6-7,9-14,16-17,23-24,27,31,37,43,55H,8,15,18-22,25-26H2,1-5H3,(H,51,57)/t31-,37+,43-/m0/s1. The number of esters is 1. The first-order valence-electron chi connectivity index (χ1n) is 21.3. The summed E-state index contributed by atoms with van der Waals surface area (Å²) in [4.78, 5) is 80.3. The van der Waals surface area contributed by atoms with Crippen LogP contribution >= 0.6 is 11.3 Å². The van der Waals surface area contributed by atoms with Crippen LogP contribution in [-0.2, 0) is 37.3 Å². The lowest BCUT2D eigenvalue weighted by Crippen LogP contribution is -2.57. The summed E-state index contributed by atoms with van der Waals surface area (Å²) in [6, 6.07) is 16.9.